The molecule has 0 unspecified atom stereocenters. The quantitative estimate of drug-likeness (QED) is 0.814. The van der Waals surface area contributed by atoms with Gasteiger partial charge < -0.3 is 10.0 Å². The largest absolute Gasteiger partial charge is 0.396 e. The van der Waals surface area contributed by atoms with E-state index in [-0.39, 0.29) is 18.9 Å². The Hall–Kier alpha value is -1.35. The van der Waals surface area contributed by atoms with E-state index in [1.54, 1.807) is 11.9 Å². The highest BCUT2D eigenvalue weighted by molar-refractivity contribution is 5.92. The van der Waals surface area contributed by atoms with Gasteiger partial charge in [-0.3, -0.25) is 4.79 Å². The summed E-state index contributed by atoms with van der Waals surface area (Å²) in [5, 5.41) is 8.67. The van der Waals surface area contributed by atoms with Crippen LogP contribution in [0.3, 0.4) is 0 Å². The molecular weight excluding hydrogens is 190 g/mol. The lowest BCUT2D eigenvalue weighted by Crippen LogP contribution is -2.26. The van der Waals surface area contributed by atoms with Crippen molar-refractivity contribution in [2.45, 2.75) is 19.8 Å². The van der Waals surface area contributed by atoms with E-state index >= 15 is 0 Å². The highest BCUT2D eigenvalue weighted by Gasteiger charge is 2.09. The van der Waals surface area contributed by atoms with Crippen molar-refractivity contribution in [3.63, 3.8) is 0 Å². The number of rotatable bonds is 4. The lowest BCUT2D eigenvalue weighted by molar-refractivity contribution is -0.118. The Morgan fingerprint density at radius 3 is 2.40 bits per heavy atom. The van der Waals surface area contributed by atoms with Crippen LogP contribution in [-0.2, 0) is 11.2 Å². The normalized spacial score (nSPS) is 10.1. The van der Waals surface area contributed by atoms with Crippen molar-refractivity contribution < 1.29 is 9.90 Å². The zero-order valence-corrected chi connectivity index (χ0v) is 9.23. The van der Waals surface area contributed by atoms with Gasteiger partial charge in [-0.25, -0.2) is 0 Å². The van der Waals surface area contributed by atoms with Crippen LogP contribution < -0.4 is 4.90 Å². The molecule has 0 spiro atoms. The van der Waals surface area contributed by atoms with Crippen LogP contribution in [0.25, 0.3) is 0 Å². The summed E-state index contributed by atoms with van der Waals surface area (Å²) in [4.78, 5) is 13.0. The van der Waals surface area contributed by atoms with Crippen LogP contribution in [-0.4, -0.2) is 24.7 Å². The average Bonchev–Trinajstić information content (AvgIpc) is 2.28. The van der Waals surface area contributed by atoms with Crippen LogP contribution in [0.1, 0.15) is 18.9 Å². The van der Waals surface area contributed by atoms with Gasteiger partial charge in [0.1, 0.15) is 0 Å². The molecule has 0 heterocycles. The monoisotopic (exact) mass is 207 g/mol. The van der Waals surface area contributed by atoms with E-state index in [1.165, 1.54) is 5.56 Å². The molecule has 0 aliphatic heterocycles. The maximum Gasteiger partial charge on any atom is 0.229 e. The number of aliphatic hydroxyl groups is 1. The minimum Gasteiger partial charge on any atom is -0.396 e. The molecule has 1 aromatic rings. The molecule has 0 saturated carbocycles. The van der Waals surface area contributed by atoms with Gasteiger partial charge in [0, 0.05) is 12.7 Å². The van der Waals surface area contributed by atoms with E-state index in [2.05, 4.69) is 6.92 Å². The number of carbonyl (C=O) groups excluding carboxylic acids is 1. The first-order valence-corrected chi connectivity index (χ1v) is 5.15. The fraction of sp³-hybridized carbons (Fsp3) is 0.417. The molecule has 3 nitrogen and oxygen atoms in total. The van der Waals surface area contributed by atoms with E-state index in [9.17, 15) is 4.79 Å². The molecule has 0 bridgehead atoms. The molecule has 1 amide bonds. The summed E-state index contributed by atoms with van der Waals surface area (Å²) in [6, 6.07) is 7.87. The van der Waals surface area contributed by atoms with Crippen LogP contribution in [0, 0.1) is 0 Å². The van der Waals surface area contributed by atoms with Crippen molar-refractivity contribution >= 4 is 11.6 Å². The molecule has 0 fully saturated rings. The Labute approximate surface area is 90.3 Å². The van der Waals surface area contributed by atoms with E-state index in [1.807, 2.05) is 24.3 Å². The predicted molar refractivity (Wildman–Crippen MR) is 60.9 cm³/mol. The molecule has 1 N–H and O–H groups in total. The van der Waals surface area contributed by atoms with Gasteiger partial charge >= 0.3 is 0 Å². The maximum absolute atomic E-state index is 11.5. The van der Waals surface area contributed by atoms with Crippen molar-refractivity contribution in [1.29, 1.82) is 0 Å². The molecule has 0 aromatic heterocycles. The number of nitrogens with zero attached hydrogens (tertiary/aromatic N) is 1. The summed E-state index contributed by atoms with van der Waals surface area (Å²) >= 11 is 0. The van der Waals surface area contributed by atoms with E-state index in [0.717, 1.165) is 12.1 Å². The highest BCUT2D eigenvalue weighted by atomic mass is 16.3. The summed E-state index contributed by atoms with van der Waals surface area (Å²) in [5.41, 5.74) is 2.12. The first kappa shape index (κ1) is 11.7. The smallest absolute Gasteiger partial charge is 0.229 e. The van der Waals surface area contributed by atoms with Crippen LogP contribution >= 0.6 is 0 Å². The lowest BCUT2D eigenvalue weighted by Gasteiger charge is -2.17. The highest BCUT2D eigenvalue weighted by Crippen LogP contribution is 2.14. The number of amides is 1. The second-order valence-electron chi connectivity index (χ2n) is 3.45. The second kappa shape index (κ2) is 5.51. The molecule has 0 radical (unpaired) electrons. The first-order chi connectivity index (χ1) is 7.19. The van der Waals surface area contributed by atoms with Crippen molar-refractivity contribution in [3.8, 4) is 0 Å². The lowest BCUT2D eigenvalue weighted by atomic mass is 10.1. The Morgan fingerprint density at radius 1 is 1.33 bits per heavy atom. The van der Waals surface area contributed by atoms with Crippen molar-refractivity contribution in [1.82, 2.24) is 0 Å². The van der Waals surface area contributed by atoms with Gasteiger partial charge in [0.15, 0.2) is 0 Å². The van der Waals surface area contributed by atoms with Gasteiger partial charge in [0.25, 0.3) is 0 Å². The van der Waals surface area contributed by atoms with E-state index in [4.69, 9.17) is 5.11 Å². The molecule has 15 heavy (non-hydrogen) atoms. The average molecular weight is 207 g/mol. The molecule has 1 rings (SSSR count). The third-order valence-electron chi connectivity index (χ3n) is 2.43. The fourth-order valence-electron chi connectivity index (χ4n) is 1.36. The third-order valence-corrected chi connectivity index (χ3v) is 2.43. The van der Waals surface area contributed by atoms with Crippen molar-refractivity contribution in [2.75, 3.05) is 18.6 Å². The first-order valence-electron chi connectivity index (χ1n) is 5.15. The number of hydrogen-bond donors (Lipinski definition) is 1. The Kier molecular flexibility index (Phi) is 4.31. The molecule has 0 saturated heterocycles. The summed E-state index contributed by atoms with van der Waals surface area (Å²) in [6.45, 7) is 1.99. The Balaban J connectivity index is 2.73. The van der Waals surface area contributed by atoms with Crippen LogP contribution in [0.15, 0.2) is 24.3 Å². The van der Waals surface area contributed by atoms with Gasteiger partial charge in [-0.15, -0.1) is 0 Å². The zero-order chi connectivity index (χ0) is 11.3. The standard InChI is InChI=1S/C12H17NO2/c1-3-10-4-6-11(7-5-10)13(2)12(15)8-9-14/h4-7,14H,3,8-9H2,1-2H3. The minimum atomic E-state index is -0.101. The topological polar surface area (TPSA) is 40.5 Å². The van der Waals surface area contributed by atoms with E-state index < -0.39 is 0 Å². The predicted octanol–water partition coefficient (Wildman–Crippen LogP) is 1.59. The number of hydrogen-bond acceptors (Lipinski definition) is 2. The summed E-state index contributed by atoms with van der Waals surface area (Å²) in [6.07, 6.45) is 1.17. The number of carbonyl (C=O) groups is 1. The van der Waals surface area contributed by atoms with Crippen LogP contribution in [0.2, 0.25) is 0 Å². The zero-order valence-electron chi connectivity index (χ0n) is 9.23. The summed E-state index contributed by atoms with van der Waals surface area (Å²) < 4.78 is 0. The van der Waals surface area contributed by atoms with Crippen molar-refractivity contribution in [3.05, 3.63) is 29.8 Å². The van der Waals surface area contributed by atoms with Crippen LogP contribution in [0.5, 0.6) is 0 Å². The molecule has 0 atom stereocenters. The van der Waals surface area contributed by atoms with Crippen molar-refractivity contribution in [2.24, 2.45) is 0 Å². The number of benzene rings is 1. The Morgan fingerprint density at radius 2 is 1.93 bits per heavy atom. The molecule has 3 heteroatoms. The van der Waals surface area contributed by atoms with Gasteiger partial charge in [-0.2, -0.15) is 0 Å². The molecule has 0 aliphatic rings. The summed E-state index contributed by atoms with van der Waals surface area (Å²) in [7, 11) is 1.72. The molecule has 1 aromatic carbocycles. The maximum atomic E-state index is 11.5. The molecule has 82 valence electrons. The fourth-order valence-corrected chi connectivity index (χ4v) is 1.36. The molecule has 0 aliphatic carbocycles. The number of aliphatic hydroxyl groups excluding tert-OH is 1. The second-order valence-corrected chi connectivity index (χ2v) is 3.45. The molecular formula is C12H17NO2. The summed E-state index contributed by atoms with van der Waals surface area (Å²) in [5.74, 6) is -0.0678. The van der Waals surface area contributed by atoms with Gasteiger partial charge in [-0.1, -0.05) is 19.1 Å². The SMILES string of the molecule is CCc1ccc(N(C)C(=O)CCO)cc1. The third kappa shape index (κ3) is 3.06. The van der Waals surface area contributed by atoms with Crippen LogP contribution in [0.4, 0.5) is 5.69 Å². The van der Waals surface area contributed by atoms with Gasteiger partial charge in [0.2, 0.25) is 5.91 Å². The van der Waals surface area contributed by atoms with Gasteiger partial charge in [0.05, 0.1) is 13.0 Å². The van der Waals surface area contributed by atoms with Gasteiger partial charge in [-0.05, 0) is 24.1 Å². The number of aryl methyl sites for hydroxylation is 1. The van der Waals surface area contributed by atoms with E-state index in [0.29, 0.717) is 0 Å². The number of anilines is 1. The Bertz CT molecular complexity index is 319. The minimum absolute atomic E-state index is 0.0678.